The van der Waals surface area contributed by atoms with E-state index in [0.717, 1.165) is 16.3 Å². The standard InChI is InChI=1S/C13H9NO2/c1-8-2-4-10-12(6-8)16-13-7-9(15)3-5-11(13)14-10/h2-7,15H,1H2. The molecule has 3 rings (SSSR count). The van der Waals surface area contributed by atoms with Crippen molar-refractivity contribution in [3.63, 3.8) is 0 Å². The Morgan fingerprint density at radius 2 is 1.94 bits per heavy atom. The van der Waals surface area contributed by atoms with Gasteiger partial charge in [0, 0.05) is 6.07 Å². The zero-order valence-corrected chi connectivity index (χ0v) is 8.47. The van der Waals surface area contributed by atoms with Gasteiger partial charge >= 0.3 is 0 Å². The van der Waals surface area contributed by atoms with E-state index in [1.165, 1.54) is 0 Å². The van der Waals surface area contributed by atoms with Crippen LogP contribution in [-0.2, 0) is 0 Å². The third-order valence-corrected chi connectivity index (χ3v) is 2.43. The van der Waals surface area contributed by atoms with Crippen LogP contribution in [-0.4, -0.2) is 5.11 Å². The summed E-state index contributed by atoms with van der Waals surface area (Å²) >= 11 is 0. The van der Waals surface area contributed by atoms with Crippen molar-refractivity contribution in [1.82, 2.24) is 0 Å². The van der Waals surface area contributed by atoms with E-state index >= 15 is 0 Å². The first-order valence-electron chi connectivity index (χ1n) is 4.91. The maximum Gasteiger partial charge on any atom is 0.156 e. The van der Waals surface area contributed by atoms with Gasteiger partial charge in [0.25, 0.3) is 0 Å². The third kappa shape index (κ3) is 1.34. The van der Waals surface area contributed by atoms with Crippen molar-refractivity contribution in [2.45, 2.75) is 0 Å². The van der Waals surface area contributed by atoms with E-state index in [1.807, 2.05) is 18.2 Å². The molecular weight excluding hydrogens is 202 g/mol. The molecule has 0 aromatic heterocycles. The molecule has 0 bridgehead atoms. The number of fused-ring (bicyclic) bond motifs is 2. The molecule has 0 radical (unpaired) electrons. The molecular formula is C13H9NO2. The van der Waals surface area contributed by atoms with E-state index in [1.54, 1.807) is 18.2 Å². The predicted octanol–water partition coefficient (Wildman–Crippen LogP) is 1.86. The summed E-state index contributed by atoms with van der Waals surface area (Å²) in [5, 5.41) is 11.0. The Labute approximate surface area is 92.0 Å². The third-order valence-electron chi connectivity index (χ3n) is 2.43. The number of hydrogen-bond donors (Lipinski definition) is 1. The maximum absolute atomic E-state index is 9.36. The van der Waals surface area contributed by atoms with Crippen LogP contribution < -0.4 is 15.3 Å². The molecule has 0 saturated carbocycles. The number of benzene rings is 2. The van der Waals surface area contributed by atoms with Crippen LogP contribution in [0.2, 0.25) is 0 Å². The molecule has 1 N–H and O–H groups in total. The number of phenolic OH excluding ortho intramolecular Hbond substituents is 1. The van der Waals surface area contributed by atoms with Crippen LogP contribution in [0.4, 0.5) is 5.69 Å². The molecule has 1 aliphatic rings. The fourth-order valence-corrected chi connectivity index (χ4v) is 1.66. The first-order valence-corrected chi connectivity index (χ1v) is 4.91. The van der Waals surface area contributed by atoms with Crippen LogP contribution in [0.5, 0.6) is 17.2 Å². The van der Waals surface area contributed by atoms with Gasteiger partial charge in [-0.2, -0.15) is 0 Å². The highest BCUT2D eigenvalue weighted by Crippen LogP contribution is 2.35. The molecule has 2 aromatic rings. The van der Waals surface area contributed by atoms with Gasteiger partial charge in [-0.1, -0.05) is 12.6 Å². The average Bonchev–Trinajstić information content (AvgIpc) is 2.26. The van der Waals surface area contributed by atoms with Gasteiger partial charge in [0.1, 0.15) is 16.8 Å². The number of ether oxygens (including phenoxy) is 1. The van der Waals surface area contributed by atoms with E-state index in [4.69, 9.17) is 4.74 Å². The average molecular weight is 211 g/mol. The molecule has 1 heterocycles. The molecule has 3 heteroatoms. The van der Waals surface area contributed by atoms with Crippen LogP contribution in [0.1, 0.15) is 0 Å². The lowest BCUT2D eigenvalue weighted by atomic mass is 10.2. The van der Waals surface area contributed by atoms with Gasteiger partial charge < -0.3 is 9.84 Å². The Morgan fingerprint density at radius 3 is 2.81 bits per heavy atom. The maximum atomic E-state index is 9.36. The first-order chi connectivity index (χ1) is 7.72. The van der Waals surface area contributed by atoms with Gasteiger partial charge in [-0.3, -0.25) is 0 Å². The minimum absolute atomic E-state index is 0.170. The second kappa shape index (κ2) is 3.10. The fraction of sp³-hybridized carbons (Fsp3) is 0. The summed E-state index contributed by atoms with van der Waals surface area (Å²) in [6, 6.07) is 10.5. The highest BCUT2D eigenvalue weighted by Gasteiger charge is 2.12. The molecule has 0 amide bonds. The van der Waals surface area contributed by atoms with Crippen molar-refractivity contribution in [2.24, 2.45) is 4.99 Å². The van der Waals surface area contributed by atoms with E-state index in [0.29, 0.717) is 11.5 Å². The Hall–Kier alpha value is -2.29. The second-order valence-corrected chi connectivity index (χ2v) is 3.67. The summed E-state index contributed by atoms with van der Waals surface area (Å²) < 4.78 is 5.65. The Kier molecular flexibility index (Phi) is 1.74. The first kappa shape index (κ1) is 8.97. The van der Waals surface area contributed by atoms with Crippen LogP contribution in [0.25, 0.3) is 6.58 Å². The smallest absolute Gasteiger partial charge is 0.156 e. The lowest BCUT2D eigenvalue weighted by Gasteiger charge is -2.13. The molecule has 0 unspecified atom stereocenters. The van der Waals surface area contributed by atoms with Gasteiger partial charge in [-0.25, -0.2) is 4.99 Å². The van der Waals surface area contributed by atoms with Gasteiger partial charge in [-0.05, 0) is 29.5 Å². The largest absolute Gasteiger partial charge is 0.508 e. The summed E-state index contributed by atoms with van der Waals surface area (Å²) in [6.07, 6.45) is 0. The Morgan fingerprint density at radius 1 is 1.06 bits per heavy atom. The van der Waals surface area contributed by atoms with Crippen molar-refractivity contribution < 1.29 is 9.84 Å². The number of aromatic hydroxyl groups is 1. The summed E-state index contributed by atoms with van der Waals surface area (Å²) in [7, 11) is 0. The summed E-state index contributed by atoms with van der Waals surface area (Å²) in [5.74, 6) is 1.41. The van der Waals surface area contributed by atoms with Crippen LogP contribution in [0.3, 0.4) is 0 Å². The van der Waals surface area contributed by atoms with E-state index < -0.39 is 0 Å². The molecule has 0 aliphatic carbocycles. The quantitative estimate of drug-likeness (QED) is 0.616. The molecule has 1 aliphatic heterocycles. The highest BCUT2D eigenvalue weighted by molar-refractivity contribution is 5.58. The van der Waals surface area contributed by atoms with E-state index in [-0.39, 0.29) is 5.75 Å². The molecule has 0 spiro atoms. The molecule has 0 atom stereocenters. The number of rotatable bonds is 0. The van der Waals surface area contributed by atoms with Crippen LogP contribution >= 0.6 is 0 Å². The minimum Gasteiger partial charge on any atom is -0.508 e. The van der Waals surface area contributed by atoms with Crippen molar-refractivity contribution in [3.8, 4) is 17.2 Å². The zero-order chi connectivity index (χ0) is 11.1. The van der Waals surface area contributed by atoms with Crippen molar-refractivity contribution in [3.05, 3.63) is 47.0 Å². The van der Waals surface area contributed by atoms with Gasteiger partial charge in [0.05, 0.1) is 0 Å². The van der Waals surface area contributed by atoms with Crippen molar-refractivity contribution >= 4 is 12.3 Å². The highest BCUT2D eigenvalue weighted by atomic mass is 16.5. The monoisotopic (exact) mass is 211 g/mol. The Bertz CT molecular complexity index is 677. The lowest BCUT2D eigenvalue weighted by molar-refractivity contribution is 0.449. The van der Waals surface area contributed by atoms with Crippen molar-refractivity contribution in [1.29, 1.82) is 0 Å². The molecule has 3 nitrogen and oxygen atoms in total. The van der Waals surface area contributed by atoms with Gasteiger partial charge in [0.15, 0.2) is 11.5 Å². The van der Waals surface area contributed by atoms with Gasteiger partial charge in [0.2, 0.25) is 0 Å². The van der Waals surface area contributed by atoms with Crippen LogP contribution in [0.15, 0.2) is 41.4 Å². The summed E-state index contributed by atoms with van der Waals surface area (Å²) in [6.45, 7) is 3.83. The molecule has 0 saturated heterocycles. The van der Waals surface area contributed by atoms with E-state index in [2.05, 4.69) is 11.6 Å². The minimum atomic E-state index is 0.170. The fourth-order valence-electron chi connectivity index (χ4n) is 1.66. The summed E-state index contributed by atoms with van der Waals surface area (Å²) in [4.78, 5) is 4.43. The number of nitrogens with zero attached hydrogens (tertiary/aromatic N) is 1. The van der Waals surface area contributed by atoms with Gasteiger partial charge in [-0.15, -0.1) is 0 Å². The molecule has 16 heavy (non-hydrogen) atoms. The van der Waals surface area contributed by atoms with Crippen molar-refractivity contribution in [2.75, 3.05) is 0 Å². The van der Waals surface area contributed by atoms with Crippen LogP contribution in [0, 0.1) is 0 Å². The second-order valence-electron chi connectivity index (χ2n) is 3.67. The normalized spacial score (nSPS) is 12.0. The molecule has 2 aromatic carbocycles. The topological polar surface area (TPSA) is 41.8 Å². The predicted molar refractivity (Wildman–Crippen MR) is 60.6 cm³/mol. The summed E-state index contributed by atoms with van der Waals surface area (Å²) in [5.41, 5.74) is 0.724. The van der Waals surface area contributed by atoms with E-state index in [9.17, 15) is 5.11 Å². The number of hydrogen-bond acceptors (Lipinski definition) is 3. The SMILES string of the molecule is C=c1ccc2c(c1)Oc1cc(O)ccc1N=2. The Balaban J connectivity index is 2.29. The zero-order valence-electron chi connectivity index (χ0n) is 8.47. The molecule has 78 valence electrons. The lowest BCUT2D eigenvalue weighted by Crippen LogP contribution is -2.13. The molecule has 0 fully saturated rings. The number of phenols is 1.